The van der Waals surface area contributed by atoms with Gasteiger partial charge in [-0.1, -0.05) is 15.9 Å². The molecule has 0 aliphatic rings. The summed E-state index contributed by atoms with van der Waals surface area (Å²) in [6, 6.07) is 1.40. The van der Waals surface area contributed by atoms with Crippen molar-refractivity contribution in [1.29, 1.82) is 0 Å². The van der Waals surface area contributed by atoms with Gasteiger partial charge in [0.2, 0.25) is 0 Å². The summed E-state index contributed by atoms with van der Waals surface area (Å²) in [4.78, 5) is -2.59. The molecule has 9 heteroatoms. The predicted octanol–water partition coefficient (Wildman–Crippen LogP) is 4.48. The molecule has 0 fully saturated rings. The highest BCUT2D eigenvalue weighted by Gasteiger charge is 2.62. The summed E-state index contributed by atoms with van der Waals surface area (Å²) in [5.74, 6) is -6.70. The zero-order valence-corrected chi connectivity index (χ0v) is 11.8. The fourth-order valence-corrected chi connectivity index (χ4v) is 2.01. The Labute approximate surface area is 118 Å². The minimum atomic E-state index is -5.82. The second-order valence-corrected chi connectivity index (χ2v) is 4.63. The van der Waals surface area contributed by atoms with Gasteiger partial charge in [-0.2, -0.15) is 22.0 Å². The molecular weight excluding hydrogens is 358 g/mol. The zero-order valence-electron chi connectivity index (χ0n) is 10.2. The van der Waals surface area contributed by atoms with Crippen LogP contribution in [-0.2, 0) is 0 Å². The Morgan fingerprint density at radius 3 is 1.85 bits per heavy atom. The van der Waals surface area contributed by atoms with Gasteiger partial charge in [0.15, 0.2) is 11.5 Å². The first-order chi connectivity index (χ1) is 9.06. The average molecular weight is 367 g/mol. The van der Waals surface area contributed by atoms with Crippen LogP contribution in [0.25, 0.3) is 0 Å². The van der Waals surface area contributed by atoms with Crippen LogP contribution in [0.15, 0.2) is 12.1 Å². The van der Waals surface area contributed by atoms with E-state index >= 15 is 0 Å². The van der Waals surface area contributed by atoms with Gasteiger partial charge >= 0.3 is 12.1 Å². The van der Waals surface area contributed by atoms with Crippen molar-refractivity contribution in [3.8, 4) is 11.5 Å². The molecule has 2 nitrogen and oxygen atoms in total. The van der Waals surface area contributed by atoms with Crippen molar-refractivity contribution in [3.63, 3.8) is 0 Å². The van der Waals surface area contributed by atoms with Crippen LogP contribution < -0.4 is 9.47 Å². The monoisotopic (exact) mass is 366 g/mol. The fourth-order valence-electron chi connectivity index (χ4n) is 1.40. The Morgan fingerprint density at radius 1 is 1.00 bits per heavy atom. The standard InChI is InChI=1S/C11H9BrF6O2/c1-19-7-3-5(6(13)4-8(7)20-2)9(12)10(14,15)11(16,17)18/h3-4,9H,1-2H3. The van der Waals surface area contributed by atoms with Crippen molar-refractivity contribution in [2.75, 3.05) is 14.2 Å². The highest BCUT2D eigenvalue weighted by Crippen LogP contribution is 2.50. The molecule has 0 saturated heterocycles. The Balaban J connectivity index is 3.33. The number of halogens is 7. The topological polar surface area (TPSA) is 18.5 Å². The normalized spacial score (nSPS) is 14.1. The number of rotatable bonds is 4. The first-order valence-corrected chi connectivity index (χ1v) is 5.97. The molecule has 0 aliphatic carbocycles. The van der Waals surface area contributed by atoms with Crippen LogP contribution in [0, 0.1) is 5.82 Å². The molecule has 1 aromatic rings. The van der Waals surface area contributed by atoms with E-state index in [2.05, 4.69) is 15.9 Å². The zero-order chi connectivity index (χ0) is 15.7. The van der Waals surface area contributed by atoms with Crippen molar-refractivity contribution < 1.29 is 35.8 Å². The van der Waals surface area contributed by atoms with E-state index in [0.717, 1.165) is 13.2 Å². The molecule has 0 N–H and O–H groups in total. The minimum absolute atomic E-state index is 0.122. The lowest BCUT2D eigenvalue weighted by Gasteiger charge is -2.25. The quantitative estimate of drug-likeness (QED) is 0.577. The van der Waals surface area contributed by atoms with Gasteiger partial charge in [0, 0.05) is 11.6 Å². The maximum absolute atomic E-state index is 13.7. The molecule has 0 spiro atoms. The van der Waals surface area contributed by atoms with Gasteiger partial charge in [0.1, 0.15) is 10.6 Å². The summed E-state index contributed by atoms with van der Waals surface area (Å²) in [5.41, 5.74) is -0.884. The number of ether oxygens (including phenoxy) is 2. The van der Waals surface area contributed by atoms with E-state index in [-0.39, 0.29) is 11.5 Å². The maximum atomic E-state index is 13.7. The molecule has 1 rings (SSSR count). The second-order valence-electron chi connectivity index (χ2n) is 3.71. The lowest BCUT2D eigenvalue weighted by molar-refractivity contribution is -0.281. The number of hydrogen-bond acceptors (Lipinski definition) is 2. The molecule has 1 unspecified atom stereocenters. The second kappa shape index (κ2) is 5.71. The number of alkyl halides is 6. The lowest BCUT2D eigenvalue weighted by atomic mass is 10.0. The van der Waals surface area contributed by atoms with Gasteiger partial charge in [-0.3, -0.25) is 0 Å². The molecule has 0 amide bonds. The molecule has 114 valence electrons. The van der Waals surface area contributed by atoms with Crippen LogP contribution in [0.4, 0.5) is 26.3 Å². The molecule has 0 radical (unpaired) electrons. The van der Waals surface area contributed by atoms with Gasteiger partial charge in [0.25, 0.3) is 0 Å². The SMILES string of the molecule is COc1cc(F)c(C(Br)C(F)(F)C(F)(F)F)cc1OC. The molecule has 1 aromatic carbocycles. The largest absolute Gasteiger partial charge is 0.493 e. The van der Waals surface area contributed by atoms with Crippen molar-refractivity contribution in [3.05, 3.63) is 23.5 Å². The summed E-state index contributed by atoms with van der Waals surface area (Å²) in [5, 5.41) is 0. The van der Waals surface area contributed by atoms with Gasteiger partial charge < -0.3 is 9.47 Å². The number of methoxy groups -OCH3 is 2. The summed E-state index contributed by atoms with van der Waals surface area (Å²) in [6.45, 7) is 0. The summed E-state index contributed by atoms with van der Waals surface area (Å²) in [6.07, 6.45) is -5.82. The Kier molecular flexibility index (Phi) is 4.83. The Bertz CT molecular complexity index is 489. The van der Waals surface area contributed by atoms with Crippen LogP contribution in [0.5, 0.6) is 11.5 Å². The van der Waals surface area contributed by atoms with E-state index < -0.39 is 28.3 Å². The average Bonchev–Trinajstić information content (AvgIpc) is 2.36. The first kappa shape index (κ1) is 16.9. The van der Waals surface area contributed by atoms with E-state index in [1.54, 1.807) is 0 Å². The van der Waals surface area contributed by atoms with E-state index in [4.69, 9.17) is 9.47 Å². The summed E-state index contributed by atoms with van der Waals surface area (Å²) in [7, 11) is 2.32. The third-order valence-corrected chi connectivity index (χ3v) is 3.54. The molecule has 1 atom stereocenters. The van der Waals surface area contributed by atoms with Gasteiger partial charge in [-0.05, 0) is 6.07 Å². The molecule has 20 heavy (non-hydrogen) atoms. The Hall–Kier alpha value is -1.12. The lowest BCUT2D eigenvalue weighted by Crippen LogP contribution is -2.40. The molecule has 0 bridgehead atoms. The van der Waals surface area contributed by atoms with E-state index in [9.17, 15) is 26.3 Å². The summed E-state index contributed by atoms with van der Waals surface area (Å²) < 4.78 is 86.3. The number of hydrogen-bond donors (Lipinski definition) is 0. The van der Waals surface area contributed by atoms with Crippen LogP contribution in [0.1, 0.15) is 10.4 Å². The predicted molar refractivity (Wildman–Crippen MR) is 62.2 cm³/mol. The highest BCUT2D eigenvalue weighted by molar-refractivity contribution is 9.09. The smallest absolute Gasteiger partial charge is 0.454 e. The van der Waals surface area contributed by atoms with Crippen molar-refractivity contribution >= 4 is 15.9 Å². The Morgan fingerprint density at radius 2 is 1.45 bits per heavy atom. The maximum Gasteiger partial charge on any atom is 0.454 e. The van der Waals surface area contributed by atoms with Crippen LogP contribution in [0.2, 0.25) is 0 Å². The van der Waals surface area contributed by atoms with E-state index in [1.165, 1.54) is 7.11 Å². The fraction of sp³-hybridized carbons (Fsp3) is 0.455. The third kappa shape index (κ3) is 2.97. The third-order valence-electron chi connectivity index (χ3n) is 2.47. The first-order valence-electron chi connectivity index (χ1n) is 5.06. The van der Waals surface area contributed by atoms with E-state index in [0.29, 0.717) is 6.07 Å². The molecule has 0 heterocycles. The number of benzene rings is 1. The minimum Gasteiger partial charge on any atom is -0.493 e. The summed E-state index contributed by atoms with van der Waals surface area (Å²) >= 11 is 2.20. The van der Waals surface area contributed by atoms with Gasteiger partial charge in [-0.25, -0.2) is 4.39 Å². The van der Waals surface area contributed by atoms with Gasteiger partial charge in [-0.15, -0.1) is 0 Å². The molecular formula is C11H9BrF6O2. The van der Waals surface area contributed by atoms with Crippen LogP contribution in [-0.4, -0.2) is 26.3 Å². The van der Waals surface area contributed by atoms with Crippen LogP contribution in [0.3, 0.4) is 0 Å². The molecule has 0 aliphatic heterocycles. The molecule has 0 aromatic heterocycles. The van der Waals surface area contributed by atoms with Crippen molar-refractivity contribution in [2.45, 2.75) is 16.9 Å². The van der Waals surface area contributed by atoms with Crippen LogP contribution >= 0.6 is 15.9 Å². The molecule has 0 saturated carbocycles. The van der Waals surface area contributed by atoms with Crippen molar-refractivity contribution in [2.24, 2.45) is 0 Å². The van der Waals surface area contributed by atoms with Crippen molar-refractivity contribution in [1.82, 2.24) is 0 Å². The van der Waals surface area contributed by atoms with Gasteiger partial charge in [0.05, 0.1) is 14.2 Å². The highest BCUT2D eigenvalue weighted by atomic mass is 79.9. The van der Waals surface area contributed by atoms with E-state index in [1.807, 2.05) is 0 Å².